The van der Waals surface area contributed by atoms with E-state index in [1.54, 1.807) is 0 Å². The molecule has 0 radical (unpaired) electrons. The zero-order chi connectivity index (χ0) is 9.10. The lowest BCUT2D eigenvalue weighted by atomic mass is 10.2. The Kier molecular flexibility index (Phi) is 2.87. The molecule has 0 amide bonds. The van der Waals surface area contributed by atoms with Crippen molar-refractivity contribution in [1.82, 2.24) is 4.90 Å². The van der Waals surface area contributed by atoms with Gasteiger partial charge in [0.2, 0.25) is 0 Å². The number of benzene rings is 1. The van der Waals surface area contributed by atoms with Crippen molar-refractivity contribution in [2.75, 3.05) is 13.1 Å². The first kappa shape index (κ1) is 9.04. The number of hydrogen-bond donors (Lipinski definition) is 0. The van der Waals surface area contributed by atoms with Crippen LogP contribution in [0.5, 0.6) is 0 Å². The molecule has 2 rings (SSSR count). The fourth-order valence-corrected chi connectivity index (χ4v) is 1.91. The van der Waals surface area contributed by atoms with E-state index in [9.17, 15) is 0 Å². The summed E-state index contributed by atoms with van der Waals surface area (Å²) >= 11 is 5.81. The van der Waals surface area contributed by atoms with Crippen molar-refractivity contribution in [2.24, 2.45) is 0 Å². The first-order valence-electron chi connectivity index (χ1n) is 4.81. The summed E-state index contributed by atoms with van der Waals surface area (Å²) in [7, 11) is 0. The molecular formula is C11H14ClN. The molecule has 0 aliphatic carbocycles. The van der Waals surface area contributed by atoms with Crippen molar-refractivity contribution in [3.8, 4) is 0 Å². The predicted molar refractivity (Wildman–Crippen MR) is 56.0 cm³/mol. The molecule has 0 bridgehead atoms. The van der Waals surface area contributed by atoms with Crippen LogP contribution in [0.15, 0.2) is 24.3 Å². The van der Waals surface area contributed by atoms with Gasteiger partial charge in [0.25, 0.3) is 0 Å². The lowest BCUT2D eigenvalue weighted by Gasteiger charge is -2.14. The molecule has 0 unspecified atom stereocenters. The summed E-state index contributed by atoms with van der Waals surface area (Å²) in [6, 6.07) is 8.15. The molecule has 0 spiro atoms. The quantitative estimate of drug-likeness (QED) is 0.702. The van der Waals surface area contributed by atoms with Crippen molar-refractivity contribution in [3.63, 3.8) is 0 Å². The number of halogens is 1. The van der Waals surface area contributed by atoms with Crippen LogP contribution in [0.4, 0.5) is 0 Å². The summed E-state index contributed by atoms with van der Waals surface area (Å²) < 4.78 is 0. The second-order valence-corrected chi connectivity index (χ2v) is 4.05. The molecule has 0 aromatic heterocycles. The van der Waals surface area contributed by atoms with Crippen LogP contribution in [0.25, 0.3) is 0 Å². The van der Waals surface area contributed by atoms with E-state index in [0.717, 1.165) is 11.6 Å². The Morgan fingerprint density at radius 2 is 1.69 bits per heavy atom. The highest BCUT2D eigenvalue weighted by Gasteiger charge is 2.10. The van der Waals surface area contributed by atoms with Crippen LogP contribution in [-0.2, 0) is 6.54 Å². The molecule has 13 heavy (non-hydrogen) atoms. The van der Waals surface area contributed by atoms with Gasteiger partial charge in [-0.2, -0.15) is 0 Å². The Bertz CT molecular complexity index is 262. The van der Waals surface area contributed by atoms with Crippen molar-refractivity contribution in [2.45, 2.75) is 19.4 Å². The van der Waals surface area contributed by atoms with Crippen LogP contribution in [0.1, 0.15) is 18.4 Å². The molecule has 0 atom stereocenters. The number of rotatable bonds is 2. The van der Waals surface area contributed by atoms with Crippen LogP contribution in [0.3, 0.4) is 0 Å². The van der Waals surface area contributed by atoms with E-state index in [-0.39, 0.29) is 0 Å². The topological polar surface area (TPSA) is 3.24 Å². The van der Waals surface area contributed by atoms with Crippen LogP contribution >= 0.6 is 11.6 Å². The van der Waals surface area contributed by atoms with Gasteiger partial charge < -0.3 is 0 Å². The highest BCUT2D eigenvalue weighted by molar-refractivity contribution is 6.30. The van der Waals surface area contributed by atoms with E-state index in [0.29, 0.717) is 0 Å². The van der Waals surface area contributed by atoms with Gasteiger partial charge >= 0.3 is 0 Å². The monoisotopic (exact) mass is 195 g/mol. The van der Waals surface area contributed by atoms with Crippen molar-refractivity contribution >= 4 is 11.6 Å². The second-order valence-electron chi connectivity index (χ2n) is 3.61. The van der Waals surface area contributed by atoms with Crippen molar-refractivity contribution in [3.05, 3.63) is 34.9 Å². The van der Waals surface area contributed by atoms with Crippen LogP contribution in [0, 0.1) is 0 Å². The van der Waals surface area contributed by atoms with Gasteiger partial charge in [0.15, 0.2) is 0 Å². The lowest BCUT2D eigenvalue weighted by molar-refractivity contribution is 0.331. The zero-order valence-electron chi connectivity index (χ0n) is 7.67. The summed E-state index contributed by atoms with van der Waals surface area (Å²) in [5.41, 5.74) is 1.37. The molecule has 1 aromatic rings. The van der Waals surface area contributed by atoms with E-state index < -0.39 is 0 Å². The number of hydrogen-bond acceptors (Lipinski definition) is 1. The summed E-state index contributed by atoms with van der Waals surface area (Å²) in [5, 5.41) is 0.824. The van der Waals surface area contributed by atoms with Gasteiger partial charge in [-0.05, 0) is 43.6 Å². The van der Waals surface area contributed by atoms with Crippen molar-refractivity contribution in [1.29, 1.82) is 0 Å². The standard InChI is InChI=1S/C11H14ClN/c12-11-5-3-10(4-6-11)9-13-7-1-2-8-13/h3-6H,1-2,7-9H2. The average molecular weight is 196 g/mol. The maximum atomic E-state index is 5.81. The van der Waals surface area contributed by atoms with Crippen LogP contribution < -0.4 is 0 Å². The molecule has 1 saturated heterocycles. The minimum absolute atomic E-state index is 0.824. The Balaban J connectivity index is 1.97. The summed E-state index contributed by atoms with van der Waals surface area (Å²) in [6.45, 7) is 3.59. The third kappa shape index (κ3) is 2.45. The fraction of sp³-hybridized carbons (Fsp3) is 0.455. The highest BCUT2D eigenvalue weighted by atomic mass is 35.5. The SMILES string of the molecule is Clc1ccc(CN2CCCC2)cc1. The van der Waals surface area contributed by atoms with E-state index in [1.165, 1.54) is 31.5 Å². The van der Waals surface area contributed by atoms with E-state index in [4.69, 9.17) is 11.6 Å². The molecule has 0 saturated carbocycles. The molecule has 1 aliphatic heterocycles. The largest absolute Gasteiger partial charge is 0.299 e. The maximum Gasteiger partial charge on any atom is 0.0406 e. The number of likely N-dealkylation sites (tertiary alicyclic amines) is 1. The normalized spacial score (nSPS) is 17.9. The van der Waals surface area contributed by atoms with Gasteiger partial charge in [-0.25, -0.2) is 0 Å². The maximum absolute atomic E-state index is 5.81. The summed E-state index contributed by atoms with van der Waals surface area (Å²) in [5.74, 6) is 0. The van der Waals surface area contributed by atoms with E-state index in [2.05, 4.69) is 17.0 Å². The molecular weight excluding hydrogens is 182 g/mol. The zero-order valence-corrected chi connectivity index (χ0v) is 8.43. The molecule has 2 heteroatoms. The Hall–Kier alpha value is -0.530. The second kappa shape index (κ2) is 4.12. The van der Waals surface area contributed by atoms with Crippen LogP contribution in [0.2, 0.25) is 5.02 Å². The highest BCUT2D eigenvalue weighted by Crippen LogP contribution is 2.14. The fourth-order valence-electron chi connectivity index (χ4n) is 1.79. The molecule has 1 heterocycles. The Labute approximate surface area is 84.3 Å². The molecule has 1 aromatic carbocycles. The summed E-state index contributed by atoms with van der Waals surface area (Å²) in [6.07, 6.45) is 2.71. The molecule has 70 valence electrons. The Morgan fingerprint density at radius 1 is 1.08 bits per heavy atom. The number of nitrogens with zero attached hydrogens (tertiary/aromatic N) is 1. The van der Waals surface area contributed by atoms with E-state index in [1.807, 2.05) is 12.1 Å². The molecule has 1 nitrogen and oxygen atoms in total. The van der Waals surface area contributed by atoms with Gasteiger partial charge in [0.1, 0.15) is 0 Å². The third-order valence-electron chi connectivity index (χ3n) is 2.52. The van der Waals surface area contributed by atoms with Crippen LogP contribution in [-0.4, -0.2) is 18.0 Å². The molecule has 0 N–H and O–H groups in total. The third-order valence-corrected chi connectivity index (χ3v) is 2.77. The van der Waals surface area contributed by atoms with Gasteiger partial charge in [-0.15, -0.1) is 0 Å². The smallest absolute Gasteiger partial charge is 0.0406 e. The summed E-state index contributed by atoms with van der Waals surface area (Å²) in [4.78, 5) is 2.49. The minimum Gasteiger partial charge on any atom is -0.299 e. The predicted octanol–water partition coefficient (Wildman–Crippen LogP) is 2.94. The van der Waals surface area contributed by atoms with Gasteiger partial charge in [0, 0.05) is 11.6 Å². The van der Waals surface area contributed by atoms with Gasteiger partial charge in [0.05, 0.1) is 0 Å². The lowest BCUT2D eigenvalue weighted by Crippen LogP contribution is -2.18. The minimum atomic E-state index is 0.824. The van der Waals surface area contributed by atoms with E-state index >= 15 is 0 Å². The Morgan fingerprint density at radius 3 is 2.31 bits per heavy atom. The van der Waals surface area contributed by atoms with Crippen molar-refractivity contribution < 1.29 is 0 Å². The van der Waals surface area contributed by atoms with Gasteiger partial charge in [-0.3, -0.25) is 4.90 Å². The molecule has 1 aliphatic rings. The first-order valence-corrected chi connectivity index (χ1v) is 5.19. The van der Waals surface area contributed by atoms with Gasteiger partial charge in [-0.1, -0.05) is 23.7 Å². The average Bonchev–Trinajstić information content (AvgIpc) is 2.62. The molecule has 1 fully saturated rings. The first-order chi connectivity index (χ1) is 6.34.